The van der Waals surface area contributed by atoms with Crippen LogP contribution in [-0.2, 0) is 11.2 Å². The molecule has 0 fully saturated rings. The molecule has 0 radical (unpaired) electrons. The molecule has 0 aliphatic rings. The van der Waals surface area contributed by atoms with Gasteiger partial charge in [-0.3, -0.25) is 14.4 Å². The highest BCUT2D eigenvalue weighted by molar-refractivity contribution is 6.05. The quantitative estimate of drug-likeness (QED) is 0.341. The molecule has 1 unspecified atom stereocenters. The smallest absolute Gasteiger partial charge is 0.258 e. The summed E-state index contributed by atoms with van der Waals surface area (Å²) in [5.74, 6) is -0.400. The van der Waals surface area contributed by atoms with Crippen LogP contribution in [0, 0.1) is 0 Å². The van der Waals surface area contributed by atoms with E-state index >= 15 is 0 Å². The van der Waals surface area contributed by atoms with Crippen molar-refractivity contribution in [1.29, 1.82) is 0 Å². The Hall–Kier alpha value is -3.93. The van der Waals surface area contributed by atoms with E-state index in [1.54, 1.807) is 31.3 Å². The fourth-order valence-corrected chi connectivity index (χ4v) is 3.93. The van der Waals surface area contributed by atoms with Crippen molar-refractivity contribution in [2.24, 2.45) is 0 Å². The van der Waals surface area contributed by atoms with Gasteiger partial charge in [-0.2, -0.15) is 0 Å². The molecule has 0 spiro atoms. The van der Waals surface area contributed by atoms with Crippen LogP contribution in [0.5, 0.6) is 5.75 Å². The first kappa shape index (κ1) is 24.7. The van der Waals surface area contributed by atoms with E-state index in [4.69, 9.17) is 4.74 Å². The lowest BCUT2D eigenvalue weighted by molar-refractivity contribution is -0.125. The van der Waals surface area contributed by atoms with Crippen LogP contribution in [0.3, 0.4) is 0 Å². The van der Waals surface area contributed by atoms with E-state index in [9.17, 15) is 14.4 Å². The number of hydrogen-bond donors (Lipinski definition) is 1. The van der Waals surface area contributed by atoms with E-state index < -0.39 is 11.9 Å². The number of hydrogen-bond acceptors (Lipinski definition) is 4. The van der Waals surface area contributed by atoms with Gasteiger partial charge in [0.25, 0.3) is 5.91 Å². The molecule has 176 valence electrons. The number of nitrogens with one attached hydrogen (secondary N) is 1. The molecule has 34 heavy (non-hydrogen) atoms. The van der Waals surface area contributed by atoms with Gasteiger partial charge in [-0.05, 0) is 35.2 Å². The summed E-state index contributed by atoms with van der Waals surface area (Å²) in [6.07, 6.45) is 3.97. The number of aldehydes is 1. The molecule has 0 bridgehead atoms. The van der Waals surface area contributed by atoms with Gasteiger partial charge in [0.05, 0.1) is 12.2 Å². The molecule has 0 saturated carbocycles. The van der Waals surface area contributed by atoms with Gasteiger partial charge in [0.2, 0.25) is 5.91 Å². The number of likely N-dealkylation sites (N-methyl/N-ethyl adjacent to an activating group) is 2. The average molecular weight is 459 g/mol. The molecule has 3 aromatic carbocycles. The largest absolute Gasteiger partial charge is 0.492 e. The number of amides is 2. The van der Waals surface area contributed by atoms with Crippen LogP contribution in [0.25, 0.3) is 10.8 Å². The van der Waals surface area contributed by atoms with E-state index in [-0.39, 0.29) is 17.0 Å². The average Bonchev–Trinajstić information content (AvgIpc) is 2.87. The Morgan fingerprint density at radius 3 is 2.56 bits per heavy atom. The summed E-state index contributed by atoms with van der Waals surface area (Å²) in [7, 11) is 3.09. The van der Waals surface area contributed by atoms with Crippen LogP contribution in [0.1, 0.15) is 39.1 Å². The first-order valence-corrected chi connectivity index (χ1v) is 11.3. The number of carbonyl (C=O) groups is 3. The zero-order valence-corrected chi connectivity index (χ0v) is 19.6. The normalized spacial score (nSPS) is 11.5. The molecule has 0 saturated heterocycles. The molecule has 3 rings (SSSR count). The third kappa shape index (κ3) is 5.70. The maximum Gasteiger partial charge on any atom is 0.258 e. The van der Waals surface area contributed by atoms with Gasteiger partial charge < -0.3 is 15.0 Å². The van der Waals surface area contributed by atoms with Crippen molar-refractivity contribution in [1.82, 2.24) is 10.2 Å². The highest BCUT2D eigenvalue weighted by Gasteiger charge is 2.29. The molecular formula is C28H30N2O4. The highest BCUT2D eigenvalue weighted by atomic mass is 16.5. The second-order valence-corrected chi connectivity index (χ2v) is 8.03. The van der Waals surface area contributed by atoms with Gasteiger partial charge in [-0.1, -0.05) is 60.7 Å². The summed E-state index contributed by atoms with van der Waals surface area (Å²) in [4.78, 5) is 38.9. The zero-order valence-electron chi connectivity index (χ0n) is 19.6. The number of ether oxygens (including phenoxy) is 1. The summed E-state index contributed by atoms with van der Waals surface area (Å²) < 4.78 is 5.99. The molecule has 0 heterocycles. The first-order valence-electron chi connectivity index (χ1n) is 11.3. The van der Waals surface area contributed by atoms with Gasteiger partial charge in [0, 0.05) is 26.1 Å². The molecule has 0 aliphatic carbocycles. The van der Waals surface area contributed by atoms with Crippen molar-refractivity contribution in [2.75, 3.05) is 20.7 Å². The van der Waals surface area contributed by atoms with Crippen LogP contribution in [0.4, 0.5) is 0 Å². The minimum atomic E-state index is -0.694. The number of nitrogens with zero attached hydrogens (tertiary/aromatic N) is 1. The fraction of sp³-hybridized carbons (Fsp3) is 0.250. The van der Waals surface area contributed by atoms with Crippen LogP contribution in [-0.4, -0.2) is 49.7 Å². The summed E-state index contributed by atoms with van der Waals surface area (Å²) >= 11 is 0. The highest BCUT2D eigenvalue weighted by Crippen LogP contribution is 2.25. The maximum absolute atomic E-state index is 13.4. The summed E-state index contributed by atoms with van der Waals surface area (Å²) in [5.41, 5.74) is 1.49. The molecule has 2 amide bonds. The van der Waals surface area contributed by atoms with Crippen LogP contribution >= 0.6 is 0 Å². The third-order valence-electron chi connectivity index (χ3n) is 5.84. The van der Waals surface area contributed by atoms with E-state index in [0.717, 1.165) is 10.9 Å². The fourth-order valence-electron chi connectivity index (χ4n) is 3.93. The standard InChI is InChI=1S/C28H30N2O4/c1-4-5-12-24(27(32)29-2)30(3)28(33)26-23(19-31)11-8-13-25(26)34-17-16-20-14-15-21-9-6-7-10-22(21)18-20/h4,6-11,13-15,18-19,24H,1,5,12,16-17H2,2-3H3,(H,29,32). The molecule has 1 atom stereocenters. The predicted molar refractivity (Wildman–Crippen MR) is 134 cm³/mol. The molecule has 0 aromatic heterocycles. The zero-order chi connectivity index (χ0) is 24.5. The Balaban J connectivity index is 1.80. The topological polar surface area (TPSA) is 75.7 Å². The molecule has 3 aromatic rings. The lowest BCUT2D eigenvalue weighted by Crippen LogP contribution is -2.47. The number of fused-ring (bicyclic) bond motifs is 1. The van der Waals surface area contributed by atoms with Gasteiger partial charge in [0.15, 0.2) is 6.29 Å². The lowest BCUT2D eigenvalue weighted by Gasteiger charge is -2.27. The first-order chi connectivity index (χ1) is 16.5. The van der Waals surface area contributed by atoms with Crippen molar-refractivity contribution in [3.05, 3.63) is 90.0 Å². The Bertz CT molecular complexity index is 1190. The molecular weight excluding hydrogens is 428 g/mol. The monoisotopic (exact) mass is 458 g/mol. The van der Waals surface area contributed by atoms with Crippen LogP contribution in [0.15, 0.2) is 73.3 Å². The third-order valence-corrected chi connectivity index (χ3v) is 5.84. The number of allylic oxidation sites excluding steroid dienone is 1. The predicted octanol–water partition coefficient (Wildman–Crippen LogP) is 4.43. The summed E-state index contributed by atoms with van der Waals surface area (Å²) in [5, 5.41) is 4.92. The summed E-state index contributed by atoms with van der Waals surface area (Å²) in [6.45, 7) is 4.03. The van der Waals surface area contributed by atoms with Gasteiger partial charge >= 0.3 is 0 Å². The number of rotatable bonds is 11. The minimum absolute atomic E-state index is 0.158. The van der Waals surface area contributed by atoms with E-state index in [0.29, 0.717) is 37.9 Å². The Morgan fingerprint density at radius 2 is 1.85 bits per heavy atom. The Kier molecular flexibility index (Phi) is 8.57. The molecule has 1 N–H and O–H groups in total. The molecule has 6 heteroatoms. The Labute approximate surface area is 200 Å². The van der Waals surface area contributed by atoms with E-state index in [1.807, 2.05) is 12.1 Å². The van der Waals surface area contributed by atoms with Gasteiger partial charge in [0.1, 0.15) is 11.8 Å². The summed E-state index contributed by atoms with van der Waals surface area (Å²) in [6, 6.07) is 18.6. The van der Waals surface area contributed by atoms with E-state index in [1.165, 1.54) is 17.3 Å². The lowest BCUT2D eigenvalue weighted by atomic mass is 10.0. The van der Waals surface area contributed by atoms with Gasteiger partial charge in [-0.25, -0.2) is 0 Å². The van der Waals surface area contributed by atoms with Crippen LogP contribution < -0.4 is 10.1 Å². The van der Waals surface area contributed by atoms with Crippen molar-refractivity contribution in [3.8, 4) is 5.75 Å². The van der Waals surface area contributed by atoms with Gasteiger partial charge in [-0.15, -0.1) is 6.58 Å². The Morgan fingerprint density at radius 1 is 1.09 bits per heavy atom. The molecule has 0 aliphatic heterocycles. The number of carbonyl (C=O) groups excluding carboxylic acids is 3. The second-order valence-electron chi connectivity index (χ2n) is 8.03. The second kappa shape index (κ2) is 11.8. The van der Waals surface area contributed by atoms with Crippen LogP contribution in [0.2, 0.25) is 0 Å². The minimum Gasteiger partial charge on any atom is -0.492 e. The van der Waals surface area contributed by atoms with E-state index in [2.05, 4.69) is 42.2 Å². The van der Waals surface area contributed by atoms with Crippen molar-refractivity contribution in [3.63, 3.8) is 0 Å². The molecule has 6 nitrogen and oxygen atoms in total. The van der Waals surface area contributed by atoms with Crippen molar-refractivity contribution < 1.29 is 19.1 Å². The van der Waals surface area contributed by atoms with Crippen molar-refractivity contribution >= 4 is 28.9 Å². The number of benzene rings is 3. The maximum atomic E-state index is 13.4. The van der Waals surface area contributed by atoms with Crippen molar-refractivity contribution in [2.45, 2.75) is 25.3 Å². The SMILES string of the molecule is C=CCCC(C(=O)NC)N(C)C(=O)c1c(C=O)cccc1OCCc1ccc2ccccc2c1.